The highest BCUT2D eigenvalue weighted by Crippen LogP contribution is 2.33. The van der Waals surface area contributed by atoms with E-state index in [0.717, 1.165) is 22.6 Å². The van der Waals surface area contributed by atoms with E-state index in [-0.39, 0.29) is 24.5 Å². The molecule has 1 unspecified atom stereocenters. The van der Waals surface area contributed by atoms with Gasteiger partial charge in [0.15, 0.2) is 0 Å². The molecule has 5 rings (SSSR count). The number of anilines is 1. The van der Waals surface area contributed by atoms with Gasteiger partial charge in [0, 0.05) is 29.4 Å². The minimum atomic E-state index is -1.11. The molecule has 47 heavy (non-hydrogen) atoms. The maximum absolute atomic E-state index is 14.7. The number of rotatable bonds is 11. The van der Waals surface area contributed by atoms with Gasteiger partial charge in [-0.1, -0.05) is 60.7 Å². The summed E-state index contributed by atoms with van der Waals surface area (Å²) in [5.74, 6) is -0.209. The predicted octanol–water partition coefficient (Wildman–Crippen LogP) is 5.89. The van der Waals surface area contributed by atoms with Gasteiger partial charge in [-0.2, -0.15) is 0 Å². The van der Waals surface area contributed by atoms with E-state index in [2.05, 4.69) is 31.4 Å². The van der Waals surface area contributed by atoms with Crippen molar-refractivity contribution in [2.45, 2.75) is 38.9 Å². The first kappa shape index (κ1) is 32.7. The minimum Gasteiger partial charge on any atom is -0.497 e. The molecule has 0 saturated carbocycles. The zero-order chi connectivity index (χ0) is 33.6. The van der Waals surface area contributed by atoms with Crippen molar-refractivity contribution in [3.8, 4) is 17.0 Å². The first-order valence-electron chi connectivity index (χ1n) is 15.3. The number of fused-ring (bicyclic) bond motifs is 1. The Morgan fingerprint density at radius 3 is 2.36 bits per heavy atom. The van der Waals surface area contributed by atoms with Gasteiger partial charge in [-0.05, 0) is 68.3 Å². The molecule has 2 aromatic heterocycles. The van der Waals surface area contributed by atoms with Crippen molar-refractivity contribution in [1.82, 2.24) is 19.6 Å². The van der Waals surface area contributed by atoms with Crippen molar-refractivity contribution in [3.63, 3.8) is 0 Å². The lowest BCUT2D eigenvalue weighted by atomic mass is 10.00. The summed E-state index contributed by atoms with van der Waals surface area (Å²) in [6.45, 7) is 5.98. The van der Waals surface area contributed by atoms with Gasteiger partial charge in [0.2, 0.25) is 5.91 Å². The van der Waals surface area contributed by atoms with Crippen LogP contribution in [-0.2, 0) is 20.9 Å². The van der Waals surface area contributed by atoms with Gasteiger partial charge < -0.3 is 25.0 Å². The zero-order valence-electron chi connectivity index (χ0n) is 27.2. The normalized spacial score (nSPS) is 11.9. The Bertz CT molecular complexity index is 1880. The Balaban J connectivity index is 1.62. The second kappa shape index (κ2) is 14.2. The van der Waals surface area contributed by atoms with Gasteiger partial charge in [-0.25, -0.2) is 4.98 Å². The number of esters is 1. The van der Waals surface area contributed by atoms with E-state index < -0.39 is 17.9 Å². The standard InChI is InChI=1S/C37H39N5O5/c1-37(2,3)40-34-32(39-30-19-9-10-20-41(30)34)26-15-11-17-28(21-26)36(45)42(24-25-13-7-6-8-14-25)33(35(44)38-23-31(43)47-5)27-16-12-18-29(22-27)46-4/h6-22,33,40H,23-24H2,1-5H3,(H,38,44). The molecule has 0 fully saturated rings. The number of amides is 2. The van der Waals surface area contributed by atoms with Crippen molar-refractivity contribution >= 4 is 29.2 Å². The highest BCUT2D eigenvalue weighted by molar-refractivity contribution is 5.99. The van der Waals surface area contributed by atoms with Crippen LogP contribution in [0.1, 0.15) is 48.3 Å². The molecule has 10 nitrogen and oxygen atoms in total. The van der Waals surface area contributed by atoms with E-state index in [0.29, 0.717) is 22.6 Å². The lowest BCUT2D eigenvalue weighted by Crippen LogP contribution is -2.44. The molecule has 0 saturated heterocycles. The Morgan fingerprint density at radius 1 is 0.894 bits per heavy atom. The molecule has 3 aromatic carbocycles. The average Bonchev–Trinajstić information content (AvgIpc) is 3.44. The third-order valence-electron chi connectivity index (χ3n) is 7.47. The number of ether oxygens (including phenoxy) is 2. The van der Waals surface area contributed by atoms with Gasteiger partial charge in [0.25, 0.3) is 5.91 Å². The van der Waals surface area contributed by atoms with Crippen LogP contribution in [0.15, 0.2) is 103 Å². The van der Waals surface area contributed by atoms with Crippen LogP contribution < -0.4 is 15.4 Å². The number of benzene rings is 3. The summed E-state index contributed by atoms with van der Waals surface area (Å²) in [6, 6.07) is 28.4. The van der Waals surface area contributed by atoms with Crippen LogP contribution in [0.2, 0.25) is 0 Å². The summed E-state index contributed by atoms with van der Waals surface area (Å²) < 4.78 is 12.2. The van der Waals surface area contributed by atoms with Crippen molar-refractivity contribution in [1.29, 1.82) is 0 Å². The van der Waals surface area contributed by atoms with Crippen LogP contribution in [0.4, 0.5) is 5.82 Å². The van der Waals surface area contributed by atoms with Crippen LogP contribution >= 0.6 is 0 Å². The van der Waals surface area contributed by atoms with Crippen LogP contribution in [0.3, 0.4) is 0 Å². The monoisotopic (exact) mass is 633 g/mol. The van der Waals surface area contributed by atoms with Gasteiger partial charge in [-0.3, -0.25) is 18.8 Å². The van der Waals surface area contributed by atoms with Crippen LogP contribution in [0.5, 0.6) is 5.75 Å². The summed E-state index contributed by atoms with van der Waals surface area (Å²) in [7, 11) is 2.78. The van der Waals surface area contributed by atoms with Gasteiger partial charge in [-0.15, -0.1) is 0 Å². The van der Waals surface area contributed by atoms with E-state index in [1.54, 1.807) is 36.4 Å². The fraction of sp³-hybridized carbons (Fsp3) is 0.243. The number of imidazole rings is 1. The van der Waals surface area contributed by atoms with E-state index in [4.69, 9.17) is 14.5 Å². The third kappa shape index (κ3) is 7.78. The van der Waals surface area contributed by atoms with Crippen molar-refractivity contribution < 1.29 is 23.9 Å². The molecule has 10 heteroatoms. The smallest absolute Gasteiger partial charge is 0.325 e. The molecule has 2 heterocycles. The SMILES string of the molecule is COC(=O)CNC(=O)C(c1cccc(OC)c1)N(Cc1ccccc1)C(=O)c1cccc(-c2nc3ccccn3c2NC(C)(C)C)c1. The number of pyridine rings is 1. The number of aromatic nitrogens is 2. The van der Waals surface area contributed by atoms with Gasteiger partial charge in [0.1, 0.15) is 35.5 Å². The second-order valence-corrected chi connectivity index (χ2v) is 12.1. The van der Waals surface area contributed by atoms with Gasteiger partial charge >= 0.3 is 5.97 Å². The van der Waals surface area contributed by atoms with Crippen molar-refractivity contribution in [2.24, 2.45) is 0 Å². The minimum absolute atomic E-state index is 0.114. The van der Waals surface area contributed by atoms with Crippen LogP contribution in [0.25, 0.3) is 16.9 Å². The summed E-state index contributed by atoms with van der Waals surface area (Å²) in [5, 5.41) is 6.23. The first-order chi connectivity index (χ1) is 22.6. The molecule has 2 N–H and O–H groups in total. The Kier molecular flexibility index (Phi) is 9.89. The quantitative estimate of drug-likeness (QED) is 0.174. The number of hydrogen-bond donors (Lipinski definition) is 2. The number of methoxy groups -OCH3 is 2. The molecule has 0 spiro atoms. The first-order valence-corrected chi connectivity index (χ1v) is 15.3. The Labute approximate surface area is 274 Å². The molecule has 2 amide bonds. The number of carbonyl (C=O) groups excluding carboxylic acids is 3. The summed E-state index contributed by atoms with van der Waals surface area (Å²) in [4.78, 5) is 47.0. The molecule has 0 bridgehead atoms. The van der Waals surface area contributed by atoms with E-state index >= 15 is 0 Å². The van der Waals surface area contributed by atoms with E-state index in [1.807, 2.05) is 71.3 Å². The molecule has 0 aliphatic rings. The average molecular weight is 634 g/mol. The molecule has 1 atom stereocenters. The second-order valence-electron chi connectivity index (χ2n) is 12.1. The summed E-state index contributed by atoms with van der Waals surface area (Å²) in [6.07, 6.45) is 1.95. The highest BCUT2D eigenvalue weighted by atomic mass is 16.5. The largest absolute Gasteiger partial charge is 0.497 e. The van der Waals surface area contributed by atoms with E-state index in [1.165, 1.54) is 19.1 Å². The Hall–Kier alpha value is -5.64. The van der Waals surface area contributed by atoms with E-state index in [9.17, 15) is 14.4 Å². The molecule has 242 valence electrons. The lowest BCUT2D eigenvalue weighted by molar-refractivity contribution is -0.141. The topological polar surface area (TPSA) is 114 Å². The summed E-state index contributed by atoms with van der Waals surface area (Å²) in [5.41, 5.74) is 3.63. The number of nitrogens with one attached hydrogen (secondary N) is 2. The molecular weight excluding hydrogens is 594 g/mol. The van der Waals surface area contributed by atoms with Crippen LogP contribution in [0, 0.1) is 0 Å². The number of hydrogen-bond acceptors (Lipinski definition) is 7. The molecular formula is C37H39N5O5. The highest BCUT2D eigenvalue weighted by Gasteiger charge is 2.33. The molecule has 0 aliphatic carbocycles. The molecule has 5 aromatic rings. The van der Waals surface area contributed by atoms with Gasteiger partial charge in [0.05, 0.1) is 14.2 Å². The molecule has 0 radical (unpaired) electrons. The van der Waals surface area contributed by atoms with Crippen molar-refractivity contribution in [2.75, 3.05) is 26.1 Å². The predicted molar refractivity (Wildman–Crippen MR) is 181 cm³/mol. The summed E-state index contributed by atoms with van der Waals surface area (Å²) >= 11 is 0. The molecule has 0 aliphatic heterocycles. The third-order valence-corrected chi connectivity index (χ3v) is 7.47. The fourth-order valence-corrected chi connectivity index (χ4v) is 5.31. The maximum Gasteiger partial charge on any atom is 0.325 e. The number of carbonyl (C=O) groups is 3. The number of nitrogens with zero attached hydrogens (tertiary/aromatic N) is 3. The zero-order valence-corrected chi connectivity index (χ0v) is 27.2. The van der Waals surface area contributed by atoms with Crippen molar-refractivity contribution in [3.05, 3.63) is 120 Å². The fourth-order valence-electron chi connectivity index (χ4n) is 5.31. The Morgan fingerprint density at radius 2 is 1.64 bits per heavy atom. The van der Waals surface area contributed by atoms with Crippen LogP contribution in [-0.4, -0.2) is 58.4 Å². The lowest BCUT2D eigenvalue weighted by Gasteiger charge is -2.32. The maximum atomic E-state index is 14.7.